The highest BCUT2D eigenvalue weighted by atomic mass is 79.9. The van der Waals surface area contributed by atoms with Gasteiger partial charge in [-0.05, 0) is 35.3 Å². The van der Waals surface area contributed by atoms with Gasteiger partial charge in [-0.15, -0.1) is 0 Å². The van der Waals surface area contributed by atoms with Gasteiger partial charge in [0.25, 0.3) is 0 Å². The molecule has 0 amide bonds. The second-order valence-electron chi connectivity index (χ2n) is 5.10. The van der Waals surface area contributed by atoms with E-state index in [-0.39, 0.29) is 0 Å². The number of ether oxygens (including phenoxy) is 1. The Morgan fingerprint density at radius 1 is 1.35 bits per heavy atom. The van der Waals surface area contributed by atoms with Crippen molar-refractivity contribution in [3.05, 3.63) is 16.4 Å². The average Bonchev–Trinajstić information content (AvgIpc) is 2.81. The summed E-state index contributed by atoms with van der Waals surface area (Å²) in [5.41, 5.74) is 1.26. The number of methoxy groups -OCH3 is 1. The summed E-state index contributed by atoms with van der Waals surface area (Å²) in [4.78, 5) is 0. The number of rotatable bonds is 11. The fraction of sp³-hybridized carbons (Fsp3) is 0.800. The Labute approximate surface area is 131 Å². The monoisotopic (exact) mass is 345 g/mol. The molecule has 0 aliphatic heterocycles. The van der Waals surface area contributed by atoms with Crippen LogP contribution in [0.1, 0.15) is 57.7 Å². The third-order valence-electron chi connectivity index (χ3n) is 3.41. The quantitative estimate of drug-likeness (QED) is 0.618. The molecule has 4 nitrogen and oxygen atoms in total. The van der Waals surface area contributed by atoms with E-state index in [1.807, 2.05) is 6.20 Å². The average molecular weight is 346 g/mol. The van der Waals surface area contributed by atoms with Crippen molar-refractivity contribution in [3.63, 3.8) is 0 Å². The molecule has 1 N–H and O–H groups in total. The third kappa shape index (κ3) is 5.54. The maximum atomic E-state index is 5.17. The van der Waals surface area contributed by atoms with Gasteiger partial charge in [0.2, 0.25) is 0 Å². The summed E-state index contributed by atoms with van der Waals surface area (Å²) in [7, 11) is 1.73. The molecule has 0 spiro atoms. The predicted octanol–water partition coefficient (Wildman–Crippen LogP) is 3.91. The second-order valence-corrected chi connectivity index (χ2v) is 5.95. The highest BCUT2D eigenvalue weighted by Crippen LogP contribution is 2.27. The van der Waals surface area contributed by atoms with E-state index in [0.717, 1.165) is 30.4 Å². The summed E-state index contributed by atoms with van der Waals surface area (Å²) in [6, 6.07) is 0.371. The van der Waals surface area contributed by atoms with Crippen molar-refractivity contribution in [3.8, 4) is 0 Å². The molecule has 0 aliphatic rings. The van der Waals surface area contributed by atoms with Crippen LogP contribution >= 0.6 is 15.9 Å². The Hall–Kier alpha value is -0.390. The van der Waals surface area contributed by atoms with Crippen LogP contribution in [0, 0.1) is 0 Å². The number of aromatic nitrogens is 2. The zero-order valence-corrected chi connectivity index (χ0v) is 14.6. The summed E-state index contributed by atoms with van der Waals surface area (Å²) in [6.07, 6.45) is 7.99. The molecular formula is C15H28BrN3O. The van der Waals surface area contributed by atoms with Gasteiger partial charge >= 0.3 is 0 Å². The van der Waals surface area contributed by atoms with Crippen LogP contribution in [-0.4, -0.2) is 30.0 Å². The van der Waals surface area contributed by atoms with E-state index in [1.165, 1.54) is 25.0 Å². The molecule has 0 bridgehead atoms. The van der Waals surface area contributed by atoms with Gasteiger partial charge < -0.3 is 10.1 Å². The topological polar surface area (TPSA) is 39.1 Å². The summed E-state index contributed by atoms with van der Waals surface area (Å²) >= 11 is 3.65. The lowest BCUT2D eigenvalue weighted by Crippen LogP contribution is -2.26. The van der Waals surface area contributed by atoms with E-state index in [0.29, 0.717) is 12.6 Å². The van der Waals surface area contributed by atoms with Gasteiger partial charge in [0.05, 0.1) is 35.6 Å². The van der Waals surface area contributed by atoms with Gasteiger partial charge in [-0.2, -0.15) is 5.10 Å². The van der Waals surface area contributed by atoms with Crippen LogP contribution in [0.4, 0.5) is 0 Å². The largest absolute Gasteiger partial charge is 0.383 e. The number of hydrogen-bond donors (Lipinski definition) is 1. The molecule has 0 saturated carbocycles. The Morgan fingerprint density at radius 2 is 2.15 bits per heavy atom. The van der Waals surface area contributed by atoms with E-state index in [4.69, 9.17) is 4.74 Å². The first kappa shape index (κ1) is 17.7. The molecule has 0 fully saturated rings. The highest BCUT2D eigenvalue weighted by molar-refractivity contribution is 9.10. The van der Waals surface area contributed by atoms with Gasteiger partial charge in [-0.1, -0.05) is 33.1 Å². The first-order valence-electron chi connectivity index (χ1n) is 7.68. The van der Waals surface area contributed by atoms with E-state index in [2.05, 4.69) is 44.9 Å². The second kappa shape index (κ2) is 10.4. The minimum atomic E-state index is 0.371. The van der Waals surface area contributed by atoms with Gasteiger partial charge in [0, 0.05) is 7.11 Å². The molecule has 0 aromatic carbocycles. The molecule has 0 aliphatic carbocycles. The molecule has 116 valence electrons. The molecule has 5 heteroatoms. The van der Waals surface area contributed by atoms with Crippen molar-refractivity contribution >= 4 is 15.9 Å². The van der Waals surface area contributed by atoms with Gasteiger partial charge in [-0.3, -0.25) is 4.68 Å². The lowest BCUT2D eigenvalue weighted by molar-refractivity contribution is 0.181. The van der Waals surface area contributed by atoms with Crippen molar-refractivity contribution < 1.29 is 4.74 Å². The molecule has 0 radical (unpaired) electrons. The first-order chi connectivity index (χ1) is 9.74. The first-order valence-corrected chi connectivity index (χ1v) is 8.47. The van der Waals surface area contributed by atoms with Gasteiger partial charge in [-0.25, -0.2) is 0 Å². The molecule has 1 atom stereocenters. The summed E-state index contributed by atoms with van der Waals surface area (Å²) in [5.74, 6) is 0. The van der Waals surface area contributed by atoms with E-state index in [9.17, 15) is 0 Å². The highest BCUT2D eigenvalue weighted by Gasteiger charge is 2.19. The number of halogens is 1. The maximum Gasteiger partial charge on any atom is 0.0696 e. The predicted molar refractivity (Wildman–Crippen MR) is 87.0 cm³/mol. The minimum absolute atomic E-state index is 0.371. The lowest BCUT2D eigenvalue weighted by Gasteiger charge is -2.20. The van der Waals surface area contributed by atoms with Gasteiger partial charge in [0.1, 0.15) is 0 Å². The van der Waals surface area contributed by atoms with Crippen molar-refractivity contribution in [1.82, 2.24) is 15.1 Å². The molecule has 20 heavy (non-hydrogen) atoms. The molecule has 0 saturated heterocycles. The van der Waals surface area contributed by atoms with Crippen LogP contribution in [0.15, 0.2) is 10.7 Å². The normalized spacial score (nSPS) is 12.8. The zero-order chi connectivity index (χ0) is 14.8. The van der Waals surface area contributed by atoms with E-state index >= 15 is 0 Å². The Bertz CT molecular complexity index is 368. The number of nitrogens with one attached hydrogen (secondary N) is 1. The third-order valence-corrected chi connectivity index (χ3v) is 4.02. The van der Waals surface area contributed by atoms with E-state index < -0.39 is 0 Å². The Kier molecular flexibility index (Phi) is 9.14. The fourth-order valence-electron chi connectivity index (χ4n) is 2.33. The molecule has 1 unspecified atom stereocenters. The van der Waals surface area contributed by atoms with Crippen LogP contribution in [0.3, 0.4) is 0 Å². The van der Waals surface area contributed by atoms with Crippen molar-refractivity contribution in [2.45, 2.75) is 58.5 Å². The molecule has 1 aromatic heterocycles. The SMILES string of the molecule is CCCCCC(NCCC)c1c(Br)cnn1CCOC. The van der Waals surface area contributed by atoms with Crippen molar-refractivity contribution in [2.24, 2.45) is 0 Å². The van der Waals surface area contributed by atoms with Crippen LogP contribution < -0.4 is 5.32 Å². The van der Waals surface area contributed by atoms with Crippen LogP contribution in [0.25, 0.3) is 0 Å². The number of nitrogens with zero attached hydrogens (tertiary/aromatic N) is 2. The van der Waals surface area contributed by atoms with Crippen LogP contribution in [0.5, 0.6) is 0 Å². The molecular weight excluding hydrogens is 318 g/mol. The lowest BCUT2D eigenvalue weighted by atomic mass is 10.1. The minimum Gasteiger partial charge on any atom is -0.383 e. The molecule has 1 heterocycles. The summed E-state index contributed by atoms with van der Waals surface area (Å²) in [5, 5.41) is 8.12. The Balaban J connectivity index is 2.78. The van der Waals surface area contributed by atoms with Crippen molar-refractivity contribution in [1.29, 1.82) is 0 Å². The van der Waals surface area contributed by atoms with Crippen molar-refractivity contribution in [2.75, 3.05) is 20.3 Å². The Morgan fingerprint density at radius 3 is 2.80 bits per heavy atom. The van der Waals surface area contributed by atoms with Crippen LogP contribution in [0.2, 0.25) is 0 Å². The number of unbranched alkanes of at least 4 members (excludes halogenated alkanes) is 2. The number of hydrogen-bond acceptors (Lipinski definition) is 3. The fourth-order valence-corrected chi connectivity index (χ4v) is 2.90. The molecule has 1 aromatic rings. The maximum absolute atomic E-state index is 5.17. The standard InChI is InChI=1S/C15H28BrN3O/c1-4-6-7-8-14(17-9-5-2)15-13(16)12-18-19(15)10-11-20-3/h12,14,17H,4-11H2,1-3H3. The zero-order valence-electron chi connectivity index (χ0n) is 13.0. The van der Waals surface area contributed by atoms with Gasteiger partial charge in [0.15, 0.2) is 0 Å². The summed E-state index contributed by atoms with van der Waals surface area (Å²) < 4.78 is 8.33. The smallest absolute Gasteiger partial charge is 0.0696 e. The molecule has 1 rings (SSSR count). The van der Waals surface area contributed by atoms with E-state index in [1.54, 1.807) is 7.11 Å². The summed E-state index contributed by atoms with van der Waals surface area (Å²) in [6.45, 7) is 6.98. The van der Waals surface area contributed by atoms with Crippen LogP contribution in [-0.2, 0) is 11.3 Å².